The fourth-order valence-electron chi connectivity index (χ4n) is 4.00. The summed E-state index contributed by atoms with van der Waals surface area (Å²) >= 11 is 0. The van der Waals surface area contributed by atoms with Gasteiger partial charge in [-0.2, -0.15) is 0 Å². The van der Waals surface area contributed by atoms with Crippen LogP contribution in [0.15, 0.2) is 45.2 Å². The summed E-state index contributed by atoms with van der Waals surface area (Å²) < 4.78 is 11.4. The lowest BCUT2D eigenvalue weighted by Gasteiger charge is -2.39. The molecule has 0 aromatic carbocycles. The predicted octanol–water partition coefficient (Wildman–Crippen LogP) is 3.57. The van der Waals surface area contributed by atoms with Crippen LogP contribution in [0, 0.1) is 13.8 Å². The lowest BCUT2D eigenvalue weighted by atomic mass is 10.1. The van der Waals surface area contributed by atoms with E-state index < -0.39 is 0 Å². The second kappa shape index (κ2) is 7.23. The lowest BCUT2D eigenvalue weighted by molar-refractivity contribution is 0.0384. The highest BCUT2D eigenvalue weighted by molar-refractivity contribution is 5.97. The molecular weight excluding hydrogens is 396 g/mol. The van der Waals surface area contributed by atoms with Crippen LogP contribution < -0.4 is 0 Å². The quantitative estimate of drug-likeness (QED) is 0.494. The molecule has 158 valence electrons. The number of hydrogen-bond donors (Lipinski definition) is 0. The Balaban J connectivity index is 1.31. The maximum Gasteiger partial charge on any atom is 0.290 e. The first-order valence-corrected chi connectivity index (χ1v) is 10.2. The Morgan fingerprint density at radius 2 is 1.42 bits per heavy atom. The average Bonchev–Trinajstić information content (AvgIpc) is 3.36. The molecule has 1 fully saturated rings. The maximum absolute atomic E-state index is 13.0. The van der Waals surface area contributed by atoms with Gasteiger partial charge < -0.3 is 18.6 Å². The van der Waals surface area contributed by atoms with Crippen LogP contribution in [0.1, 0.15) is 39.4 Å². The zero-order valence-electron chi connectivity index (χ0n) is 17.6. The number of carbonyl (C=O) groups is 2. The van der Waals surface area contributed by atoms with E-state index in [9.17, 15) is 9.59 Å². The molecule has 5 heterocycles. The number of rotatable bonds is 2. The van der Waals surface area contributed by atoms with Gasteiger partial charge in [0.25, 0.3) is 11.8 Å². The summed E-state index contributed by atoms with van der Waals surface area (Å²) in [7, 11) is 0. The highest BCUT2D eigenvalue weighted by Gasteiger charge is 2.33. The number of furan rings is 2. The first-order chi connectivity index (χ1) is 14.9. The molecule has 0 spiro atoms. The van der Waals surface area contributed by atoms with Crippen molar-refractivity contribution in [2.45, 2.75) is 26.8 Å². The molecule has 0 saturated carbocycles. The number of pyridine rings is 2. The van der Waals surface area contributed by atoms with Gasteiger partial charge in [-0.25, -0.2) is 9.97 Å². The van der Waals surface area contributed by atoms with Gasteiger partial charge >= 0.3 is 0 Å². The van der Waals surface area contributed by atoms with Crippen LogP contribution in [-0.2, 0) is 0 Å². The second-order valence-electron chi connectivity index (χ2n) is 7.99. The van der Waals surface area contributed by atoms with Crippen molar-refractivity contribution in [2.24, 2.45) is 0 Å². The highest BCUT2D eigenvalue weighted by Crippen LogP contribution is 2.23. The molecule has 31 heavy (non-hydrogen) atoms. The van der Waals surface area contributed by atoms with E-state index in [1.165, 1.54) is 0 Å². The zero-order chi connectivity index (χ0) is 21.7. The van der Waals surface area contributed by atoms with Crippen LogP contribution in [0.25, 0.3) is 22.2 Å². The van der Waals surface area contributed by atoms with Crippen LogP contribution in [-0.4, -0.2) is 57.3 Å². The molecule has 0 aliphatic carbocycles. The van der Waals surface area contributed by atoms with E-state index in [0.717, 1.165) is 11.4 Å². The molecular formula is C23H22N4O4. The van der Waals surface area contributed by atoms with Gasteiger partial charge in [-0.15, -0.1) is 0 Å². The number of aromatic nitrogens is 2. The number of piperazine rings is 1. The maximum atomic E-state index is 13.0. The van der Waals surface area contributed by atoms with Crippen LogP contribution in [0.5, 0.6) is 0 Å². The van der Waals surface area contributed by atoms with E-state index >= 15 is 0 Å². The molecule has 0 N–H and O–H groups in total. The summed E-state index contributed by atoms with van der Waals surface area (Å²) in [6.07, 6.45) is 0. The van der Waals surface area contributed by atoms with Crippen molar-refractivity contribution in [3.63, 3.8) is 0 Å². The van der Waals surface area contributed by atoms with E-state index in [0.29, 0.717) is 41.8 Å². The third-order valence-corrected chi connectivity index (χ3v) is 5.62. The standard InChI is InChI=1S/C23H22N4O4/c1-13-4-6-18-16(24-13)10-20(30-18)22(28)26-8-9-27(15(3)12-26)23(29)21-11-17-19(31-21)7-5-14(2)25-17/h4-7,10-11,15H,8-9,12H2,1-3H3/t15-/m0/s1. The predicted molar refractivity (Wildman–Crippen MR) is 114 cm³/mol. The van der Waals surface area contributed by atoms with E-state index in [4.69, 9.17) is 8.83 Å². The van der Waals surface area contributed by atoms with Gasteiger partial charge in [-0.1, -0.05) is 0 Å². The molecule has 8 heteroatoms. The van der Waals surface area contributed by atoms with Gasteiger partial charge in [-0.3, -0.25) is 9.59 Å². The molecule has 4 aromatic rings. The minimum atomic E-state index is -0.196. The van der Waals surface area contributed by atoms with Gasteiger partial charge in [0.05, 0.1) is 0 Å². The number of aryl methyl sites for hydroxylation is 2. The summed E-state index contributed by atoms with van der Waals surface area (Å²) in [5.74, 6) is 0.133. The minimum absolute atomic E-state index is 0.169. The van der Waals surface area contributed by atoms with Crippen molar-refractivity contribution in [1.29, 1.82) is 0 Å². The van der Waals surface area contributed by atoms with Crippen LogP contribution in [0.4, 0.5) is 0 Å². The smallest absolute Gasteiger partial charge is 0.290 e. The van der Waals surface area contributed by atoms with Gasteiger partial charge in [0, 0.05) is 49.2 Å². The molecule has 4 aromatic heterocycles. The lowest BCUT2D eigenvalue weighted by Crippen LogP contribution is -2.55. The average molecular weight is 418 g/mol. The number of carbonyl (C=O) groups excluding carboxylic acids is 2. The van der Waals surface area contributed by atoms with Crippen LogP contribution in [0.2, 0.25) is 0 Å². The Hall–Kier alpha value is -3.68. The molecule has 1 saturated heterocycles. The molecule has 1 aliphatic rings. The fraction of sp³-hybridized carbons (Fsp3) is 0.304. The molecule has 8 nitrogen and oxygen atoms in total. The SMILES string of the molecule is Cc1ccc2oc(C(=O)N3CCN(C(=O)c4cc5nc(C)ccc5o4)[C@@H](C)C3)cc2n1. The van der Waals surface area contributed by atoms with E-state index in [-0.39, 0.29) is 29.4 Å². The van der Waals surface area contributed by atoms with E-state index in [1.54, 1.807) is 21.9 Å². The Labute approximate surface area is 178 Å². The molecule has 2 amide bonds. The first kappa shape index (κ1) is 19.3. The monoisotopic (exact) mass is 418 g/mol. The number of nitrogens with zero attached hydrogens (tertiary/aromatic N) is 4. The summed E-state index contributed by atoms with van der Waals surface area (Å²) in [5.41, 5.74) is 4.24. The van der Waals surface area contributed by atoms with Crippen molar-refractivity contribution >= 4 is 34.0 Å². The van der Waals surface area contributed by atoms with Crippen molar-refractivity contribution in [3.05, 3.63) is 59.3 Å². The number of fused-ring (bicyclic) bond motifs is 2. The van der Waals surface area contributed by atoms with Crippen LogP contribution in [0.3, 0.4) is 0 Å². The number of hydrogen-bond acceptors (Lipinski definition) is 6. The minimum Gasteiger partial charge on any atom is -0.449 e. The second-order valence-corrected chi connectivity index (χ2v) is 7.99. The fourth-order valence-corrected chi connectivity index (χ4v) is 4.00. The normalized spacial score (nSPS) is 16.9. The van der Waals surface area contributed by atoms with Crippen molar-refractivity contribution in [2.75, 3.05) is 19.6 Å². The molecule has 1 aliphatic heterocycles. The summed E-state index contributed by atoms with van der Waals surface area (Å²) in [6.45, 7) is 6.94. The largest absolute Gasteiger partial charge is 0.449 e. The molecule has 0 bridgehead atoms. The summed E-state index contributed by atoms with van der Waals surface area (Å²) in [5, 5.41) is 0. The highest BCUT2D eigenvalue weighted by atomic mass is 16.4. The van der Waals surface area contributed by atoms with Crippen LogP contribution >= 0.6 is 0 Å². The van der Waals surface area contributed by atoms with Crippen molar-refractivity contribution in [3.8, 4) is 0 Å². The third kappa shape index (κ3) is 3.43. The zero-order valence-corrected chi connectivity index (χ0v) is 17.6. The molecule has 0 unspecified atom stereocenters. The summed E-state index contributed by atoms with van der Waals surface area (Å²) in [4.78, 5) is 38.2. The Bertz CT molecular complexity index is 1320. The van der Waals surface area contributed by atoms with Gasteiger partial charge in [0.1, 0.15) is 11.0 Å². The Morgan fingerprint density at radius 3 is 1.97 bits per heavy atom. The topological polar surface area (TPSA) is 92.7 Å². The Morgan fingerprint density at radius 1 is 0.871 bits per heavy atom. The van der Waals surface area contributed by atoms with E-state index in [2.05, 4.69) is 9.97 Å². The first-order valence-electron chi connectivity index (χ1n) is 10.2. The van der Waals surface area contributed by atoms with Gasteiger partial charge in [-0.05, 0) is 45.0 Å². The summed E-state index contributed by atoms with van der Waals surface area (Å²) in [6, 6.07) is 10.5. The molecule has 5 rings (SSSR count). The van der Waals surface area contributed by atoms with Gasteiger partial charge in [0.2, 0.25) is 0 Å². The van der Waals surface area contributed by atoms with Crippen molar-refractivity contribution < 1.29 is 18.4 Å². The molecule has 0 radical (unpaired) electrons. The van der Waals surface area contributed by atoms with Gasteiger partial charge in [0.15, 0.2) is 22.7 Å². The molecule has 1 atom stereocenters. The third-order valence-electron chi connectivity index (χ3n) is 5.62. The Kier molecular flexibility index (Phi) is 4.50. The van der Waals surface area contributed by atoms with Crippen molar-refractivity contribution in [1.82, 2.24) is 19.8 Å². The number of amides is 2. The van der Waals surface area contributed by atoms with E-state index in [1.807, 2.05) is 45.0 Å².